The molecule has 0 atom stereocenters. The first-order chi connectivity index (χ1) is 13.0. The van der Waals surface area contributed by atoms with Gasteiger partial charge >= 0.3 is 0 Å². The topological polar surface area (TPSA) is 74.8 Å². The quantitative estimate of drug-likeness (QED) is 0.810. The molecule has 2 aliphatic rings. The molecule has 0 radical (unpaired) electrons. The standard InChI is InChI=1S/C20H20N2O4S/c23-19(21-13-11-15-6-1-2-7-16(15)14-21)10-5-12-22-20(24)17-8-3-4-9-18(17)27(22,25)26/h1-4,6-9H,5,10-14H2. The van der Waals surface area contributed by atoms with Gasteiger partial charge in [-0.25, -0.2) is 12.7 Å². The molecule has 140 valence electrons. The Balaban J connectivity index is 1.37. The molecule has 0 N–H and O–H groups in total. The minimum Gasteiger partial charge on any atom is -0.338 e. The second-order valence-corrected chi connectivity index (χ2v) is 8.65. The van der Waals surface area contributed by atoms with Crippen LogP contribution in [0.4, 0.5) is 0 Å². The van der Waals surface area contributed by atoms with E-state index in [1.54, 1.807) is 17.0 Å². The molecule has 6 nitrogen and oxygen atoms in total. The Bertz CT molecular complexity index is 1020. The predicted octanol–water partition coefficient (Wildman–Crippen LogP) is 2.20. The number of fused-ring (bicyclic) bond motifs is 2. The van der Waals surface area contributed by atoms with Gasteiger partial charge in [-0.15, -0.1) is 0 Å². The molecule has 0 aromatic heterocycles. The van der Waals surface area contributed by atoms with Crippen LogP contribution < -0.4 is 0 Å². The van der Waals surface area contributed by atoms with Crippen LogP contribution in [-0.2, 0) is 27.8 Å². The first-order valence-corrected chi connectivity index (χ1v) is 10.4. The van der Waals surface area contributed by atoms with Gasteiger partial charge in [-0.1, -0.05) is 36.4 Å². The molecule has 4 rings (SSSR count). The number of hydrogen-bond donors (Lipinski definition) is 0. The third-order valence-corrected chi connectivity index (χ3v) is 6.99. The lowest BCUT2D eigenvalue weighted by Gasteiger charge is -2.29. The molecular formula is C20H20N2O4S. The molecule has 2 heterocycles. The maximum Gasteiger partial charge on any atom is 0.269 e. The molecule has 0 saturated carbocycles. The summed E-state index contributed by atoms with van der Waals surface area (Å²) in [6, 6.07) is 14.3. The molecule has 0 unspecified atom stereocenters. The SMILES string of the molecule is O=C(CCCN1C(=O)c2ccccc2S1(=O)=O)N1CCc2ccccc2C1. The fraction of sp³-hybridized carbons (Fsp3) is 0.300. The molecular weight excluding hydrogens is 364 g/mol. The minimum absolute atomic E-state index is 0.00828. The van der Waals surface area contributed by atoms with Gasteiger partial charge in [0.05, 0.1) is 5.56 Å². The number of sulfonamides is 1. The zero-order valence-electron chi connectivity index (χ0n) is 14.8. The monoisotopic (exact) mass is 384 g/mol. The van der Waals surface area contributed by atoms with Crippen molar-refractivity contribution in [3.63, 3.8) is 0 Å². The number of rotatable bonds is 4. The second kappa shape index (κ2) is 6.81. The summed E-state index contributed by atoms with van der Waals surface area (Å²) in [5.41, 5.74) is 2.63. The van der Waals surface area contributed by atoms with Gasteiger partial charge in [0.15, 0.2) is 0 Å². The van der Waals surface area contributed by atoms with Gasteiger partial charge in [-0.3, -0.25) is 9.59 Å². The zero-order valence-corrected chi connectivity index (χ0v) is 15.6. The zero-order chi connectivity index (χ0) is 19.0. The average Bonchev–Trinajstić information content (AvgIpc) is 2.88. The van der Waals surface area contributed by atoms with Crippen LogP contribution in [0.15, 0.2) is 53.4 Å². The Kier molecular flexibility index (Phi) is 4.47. The van der Waals surface area contributed by atoms with Crippen LogP contribution in [0.25, 0.3) is 0 Å². The van der Waals surface area contributed by atoms with E-state index in [1.165, 1.54) is 17.7 Å². The summed E-state index contributed by atoms with van der Waals surface area (Å²) in [4.78, 5) is 26.7. The van der Waals surface area contributed by atoms with Crippen molar-refractivity contribution in [3.8, 4) is 0 Å². The van der Waals surface area contributed by atoms with Gasteiger partial charge < -0.3 is 4.90 Å². The van der Waals surface area contributed by atoms with Crippen LogP contribution in [0, 0.1) is 0 Å². The van der Waals surface area contributed by atoms with Crippen LogP contribution in [-0.4, -0.2) is 42.5 Å². The Morgan fingerprint density at radius 2 is 1.70 bits per heavy atom. The Hall–Kier alpha value is -2.67. The van der Waals surface area contributed by atoms with Gasteiger partial charge in [0.2, 0.25) is 5.91 Å². The van der Waals surface area contributed by atoms with E-state index in [2.05, 4.69) is 6.07 Å². The molecule has 0 bridgehead atoms. The van der Waals surface area contributed by atoms with E-state index >= 15 is 0 Å². The van der Waals surface area contributed by atoms with Gasteiger partial charge in [-0.05, 0) is 36.1 Å². The van der Waals surface area contributed by atoms with Crippen molar-refractivity contribution < 1.29 is 18.0 Å². The summed E-state index contributed by atoms with van der Waals surface area (Å²) < 4.78 is 25.9. The summed E-state index contributed by atoms with van der Waals surface area (Å²) in [6.45, 7) is 1.27. The summed E-state index contributed by atoms with van der Waals surface area (Å²) >= 11 is 0. The highest BCUT2D eigenvalue weighted by atomic mass is 32.2. The maximum absolute atomic E-state index is 12.5. The van der Waals surface area contributed by atoms with Crippen molar-refractivity contribution in [1.82, 2.24) is 9.21 Å². The summed E-state index contributed by atoms with van der Waals surface area (Å²) in [5, 5.41) is 0. The first kappa shape index (κ1) is 17.7. The predicted molar refractivity (Wildman–Crippen MR) is 99.5 cm³/mol. The molecule has 0 aliphatic carbocycles. The lowest BCUT2D eigenvalue weighted by atomic mass is 9.99. The Morgan fingerprint density at radius 3 is 2.48 bits per heavy atom. The molecule has 2 aromatic carbocycles. The number of hydrogen-bond acceptors (Lipinski definition) is 4. The smallest absolute Gasteiger partial charge is 0.269 e. The van der Waals surface area contributed by atoms with E-state index < -0.39 is 15.9 Å². The Labute approximate surface area is 158 Å². The van der Waals surface area contributed by atoms with Crippen molar-refractivity contribution in [2.24, 2.45) is 0 Å². The van der Waals surface area contributed by atoms with Crippen molar-refractivity contribution >= 4 is 21.8 Å². The van der Waals surface area contributed by atoms with E-state index in [1.807, 2.05) is 18.2 Å². The van der Waals surface area contributed by atoms with Gasteiger partial charge in [0.1, 0.15) is 4.90 Å². The number of amides is 2. The normalized spacial score (nSPS) is 17.6. The third kappa shape index (κ3) is 3.12. The fourth-order valence-corrected chi connectivity index (χ4v) is 5.30. The number of carbonyl (C=O) groups is 2. The molecule has 7 heteroatoms. The number of benzene rings is 2. The van der Waals surface area contributed by atoms with E-state index in [4.69, 9.17) is 0 Å². The van der Waals surface area contributed by atoms with Crippen LogP contribution in [0.1, 0.15) is 34.3 Å². The maximum atomic E-state index is 12.5. The molecule has 0 saturated heterocycles. The van der Waals surface area contributed by atoms with Crippen LogP contribution in [0.5, 0.6) is 0 Å². The van der Waals surface area contributed by atoms with Crippen molar-refractivity contribution in [1.29, 1.82) is 0 Å². The fourth-order valence-electron chi connectivity index (χ4n) is 3.69. The van der Waals surface area contributed by atoms with Crippen LogP contribution in [0.3, 0.4) is 0 Å². The van der Waals surface area contributed by atoms with E-state index in [0.29, 0.717) is 19.5 Å². The number of nitrogens with zero attached hydrogens (tertiary/aromatic N) is 2. The molecule has 2 aliphatic heterocycles. The highest BCUT2D eigenvalue weighted by molar-refractivity contribution is 7.90. The Morgan fingerprint density at radius 1 is 1.00 bits per heavy atom. The molecule has 2 aromatic rings. The molecule has 0 spiro atoms. The highest BCUT2D eigenvalue weighted by Gasteiger charge is 2.40. The van der Waals surface area contributed by atoms with Gasteiger partial charge in [0, 0.05) is 26.1 Å². The highest BCUT2D eigenvalue weighted by Crippen LogP contribution is 2.30. The minimum atomic E-state index is -3.80. The van der Waals surface area contributed by atoms with Crippen molar-refractivity contribution in [2.45, 2.75) is 30.7 Å². The van der Waals surface area contributed by atoms with E-state index in [-0.39, 0.29) is 29.3 Å². The first-order valence-electron chi connectivity index (χ1n) is 8.99. The number of carbonyl (C=O) groups excluding carboxylic acids is 2. The van der Waals surface area contributed by atoms with Crippen LogP contribution >= 0.6 is 0 Å². The van der Waals surface area contributed by atoms with E-state index in [9.17, 15) is 18.0 Å². The molecule has 27 heavy (non-hydrogen) atoms. The lowest BCUT2D eigenvalue weighted by Crippen LogP contribution is -2.37. The van der Waals surface area contributed by atoms with Gasteiger partial charge in [-0.2, -0.15) is 0 Å². The van der Waals surface area contributed by atoms with Gasteiger partial charge in [0.25, 0.3) is 15.9 Å². The molecule has 2 amide bonds. The van der Waals surface area contributed by atoms with Crippen molar-refractivity contribution in [3.05, 3.63) is 65.2 Å². The largest absolute Gasteiger partial charge is 0.338 e. The van der Waals surface area contributed by atoms with E-state index in [0.717, 1.165) is 16.3 Å². The lowest BCUT2D eigenvalue weighted by molar-refractivity contribution is -0.132. The summed E-state index contributed by atoms with van der Waals surface area (Å²) in [6.07, 6.45) is 1.37. The summed E-state index contributed by atoms with van der Waals surface area (Å²) in [5.74, 6) is -0.518. The van der Waals surface area contributed by atoms with Crippen LogP contribution in [0.2, 0.25) is 0 Å². The summed E-state index contributed by atoms with van der Waals surface area (Å²) in [7, 11) is -3.80. The molecule has 0 fully saturated rings. The third-order valence-electron chi connectivity index (χ3n) is 5.15. The van der Waals surface area contributed by atoms with Crippen molar-refractivity contribution in [2.75, 3.05) is 13.1 Å². The second-order valence-electron chi connectivity index (χ2n) is 6.82. The average molecular weight is 384 g/mol.